The van der Waals surface area contributed by atoms with Crippen molar-refractivity contribution < 1.29 is 9.72 Å². The summed E-state index contributed by atoms with van der Waals surface area (Å²) in [7, 11) is 0. The predicted octanol–water partition coefficient (Wildman–Crippen LogP) is 2.13. The van der Waals surface area contributed by atoms with Crippen LogP contribution in [0.3, 0.4) is 0 Å². The van der Waals surface area contributed by atoms with Gasteiger partial charge in [0.15, 0.2) is 0 Å². The van der Waals surface area contributed by atoms with E-state index in [1.807, 2.05) is 6.92 Å². The molecular weight excluding hydrogens is 260 g/mol. The SMILES string of the molecule is Cc1ccc(NC(=O)c2cccc(N)c2[N+](=O)[O-])nc1. The molecule has 0 fully saturated rings. The summed E-state index contributed by atoms with van der Waals surface area (Å²) in [5, 5.41) is 13.5. The number of carbonyl (C=O) groups is 1. The van der Waals surface area contributed by atoms with Crippen LogP contribution in [0.4, 0.5) is 17.2 Å². The molecule has 0 unspecified atom stereocenters. The van der Waals surface area contributed by atoms with E-state index in [0.29, 0.717) is 5.82 Å². The molecule has 1 heterocycles. The number of aryl methyl sites for hydroxylation is 1. The number of hydrogen-bond donors (Lipinski definition) is 2. The number of nitrogens with one attached hydrogen (secondary N) is 1. The number of pyridine rings is 1. The zero-order valence-corrected chi connectivity index (χ0v) is 10.7. The van der Waals surface area contributed by atoms with E-state index in [4.69, 9.17) is 5.73 Å². The Morgan fingerprint density at radius 2 is 2.10 bits per heavy atom. The van der Waals surface area contributed by atoms with Crippen LogP contribution < -0.4 is 11.1 Å². The maximum atomic E-state index is 12.1. The number of amides is 1. The molecule has 0 aliphatic carbocycles. The van der Waals surface area contributed by atoms with Crippen LogP contribution in [0.15, 0.2) is 36.5 Å². The van der Waals surface area contributed by atoms with Crippen molar-refractivity contribution in [1.29, 1.82) is 0 Å². The Bertz CT molecular complexity index is 668. The Kier molecular flexibility index (Phi) is 3.60. The molecular formula is C13H12N4O3. The molecule has 2 rings (SSSR count). The fraction of sp³-hybridized carbons (Fsp3) is 0.0769. The van der Waals surface area contributed by atoms with E-state index in [1.165, 1.54) is 18.2 Å². The van der Waals surface area contributed by atoms with Crippen molar-refractivity contribution in [2.75, 3.05) is 11.1 Å². The lowest BCUT2D eigenvalue weighted by Gasteiger charge is -2.06. The smallest absolute Gasteiger partial charge is 0.304 e. The minimum atomic E-state index is -0.674. The second-order valence-corrected chi connectivity index (χ2v) is 4.18. The number of rotatable bonds is 3. The van der Waals surface area contributed by atoms with Gasteiger partial charge in [0.2, 0.25) is 0 Å². The predicted molar refractivity (Wildman–Crippen MR) is 74.4 cm³/mol. The number of nitro benzene ring substituents is 1. The Morgan fingerprint density at radius 1 is 1.35 bits per heavy atom. The van der Waals surface area contributed by atoms with Crippen LogP contribution in [0.2, 0.25) is 0 Å². The van der Waals surface area contributed by atoms with Crippen LogP contribution >= 0.6 is 0 Å². The molecule has 0 aliphatic rings. The van der Waals surface area contributed by atoms with Crippen LogP contribution in [0, 0.1) is 17.0 Å². The standard InChI is InChI=1S/C13H12N4O3/c1-8-5-6-11(15-7-8)16-13(18)9-3-2-4-10(14)12(9)17(19)20/h2-7H,14H2,1H3,(H,15,16,18). The van der Waals surface area contributed by atoms with Crippen LogP contribution in [0.1, 0.15) is 15.9 Å². The molecule has 1 amide bonds. The summed E-state index contributed by atoms with van der Waals surface area (Å²) >= 11 is 0. The highest BCUT2D eigenvalue weighted by Crippen LogP contribution is 2.26. The number of aromatic nitrogens is 1. The summed E-state index contributed by atoms with van der Waals surface area (Å²) < 4.78 is 0. The van der Waals surface area contributed by atoms with Crippen molar-refractivity contribution in [2.45, 2.75) is 6.92 Å². The topological polar surface area (TPSA) is 111 Å². The first-order chi connectivity index (χ1) is 9.49. The van der Waals surface area contributed by atoms with Gasteiger partial charge < -0.3 is 11.1 Å². The third kappa shape index (κ3) is 2.72. The molecule has 0 radical (unpaired) electrons. The number of benzene rings is 1. The summed E-state index contributed by atoms with van der Waals surface area (Å²) in [5.74, 6) is -0.308. The van der Waals surface area contributed by atoms with Gasteiger partial charge in [-0.1, -0.05) is 12.1 Å². The third-order valence-electron chi connectivity index (χ3n) is 2.65. The fourth-order valence-corrected chi connectivity index (χ4v) is 1.67. The summed E-state index contributed by atoms with van der Waals surface area (Å²) in [6.45, 7) is 1.86. The quantitative estimate of drug-likeness (QED) is 0.505. The molecule has 2 aromatic rings. The van der Waals surface area contributed by atoms with E-state index in [1.54, 1.807) is 18.3 Å². The molecule has 20 heavy (non-hydrogen) atoms. The van der Waals surface area contributed by atoms with Gasteiger partial charge in [-0.25, -0.2) is 4.98 Å². The van der Waals surface area contributed by atoms with Crippen molar-refractivity contribution in [1.82, 2.24) is 4.98 Å². The van der Waals surface area contributed by atoms with Crippen molar-refractivity contribution in [2.24, 2.45) is 0 Å². The average molecular weight is 272 g/mol. The van der Waals surface area contributed by atoms with Crippen LogP contribution in [-0.4, -0.2) is 15.8 Å². The molecule has 3 N–H and O–H groups in total. The van der Waals surface area contributed by atoms with Gasteiger partial charge in [0.25, 0.3) is 5.91 Å². The highest BCUT2D eigenvalue weighted by atomic mass is 16.6. The lowest BCUT2D eigenvalue weighted by Crippen LogP contribution is -2.15. The first-order valence-electron chi connectivity index (χ1n) is 5.76. The monoisotopic (exact) mass is 272 g/mol. The maximum Gasteiger partial charge on any atom is 0.304 e. The number of nitrogens with zero attached hydrogens (tertiary/aromatic N) is 2. The van der Waals surface area contributed by atoms with Crippen LogP contribution in [0.5, 0.6) is 0 Å². The van der Waals surface area contributed by atoms with Crippen molar-refractivity contribution in [3.05, 3.63) is 57.8 Å². The molecule has 102 valence electrons. The number of hydrogen-bond acceptors (Lipinski definition) is 5. The van der Waals surface area contributed by atoms with Gasteiger partial charge in [0, 0.05) is 6.20 Å². The van der Waals surface area contributed by atoms with Crippen LogP contribution in [-0.2, 0) is 0 Å². The van der Waals surface area contributed by atoms with E-state index in [0.717, 1.165) is 5.56 Å². The molecule has 0 saturated carbocycles. The molecule has 0 aliphatic heterocycles. The first-order valence-corrected chi connectivity index (χ1v) is 5.76. The molecule has 7 heteroatoms. The molecule has 1 aromatic carbocycles. The molecule has 1 aromatic heterocycles. The molecule has 0 atom stereocenters. The van der Waals surface area contributed by atoms with Crippen molar-refractivity contribution in [3.63, 3.8) is 0 Å². The summed E-state index contributed by atoms with van der Waals surface area (Å²) in [4.78, 5) is 26.4. The van der Waals surface area contributed by atoms with Gasteiger partial charge in [-0.05, 0) is 30.7 Å². The third-order valence-corrected chi connectivity index (χ3v) is 2.65. The summed E-state index contributed by atoms with van der Waals surface area (Å²) in [5.41, 5.74) is 5.92. The number of nitro groups is 1. The second kappa shape index (κ2) is 5.35. The molecule has 0 saturated heterocycles. The largest absolute Gasteiger partial charge is 0.393 e. The highest BCUT2D eigenvalue weighted by Gasteiger charge is 2.23. The lowest BCUT2D eigenvalue weighted by molar-refractivity contribution is -0.384. The zero-order chi connectivity index (χ0) is 14.7. The Hall–Kier alpha value is -2.96. The number of anilines is 2. The van der Waals surface area contributed by atoms with Gasteiger partial charge in [-0.2, -0.15) is 0 Å². The Morgan fingerprint density at radius 3 is 2.70 bits per heavy atom. The fourth-order valence-electron chi connectivity index (χ4n) is 1.67. The van der Waals surface area contributed by atoms with E-state index in [9.17, 15) is 14.9 Å². The van der Waals surface area contributed by atoms with E-state index in [-0.39, 0.29) is 11.3 Å². The van der Waals surface area contributed by atoms with E-state index in [2.05, 4.69) is 10.3 Å². The summed E-state index contributed by atoms with van der Waals surface area (Å²) in [6.07, 6.45) is 1.59. The Balaban J connectivity index is 2.32. The number of nitrogens with two attached hydrogens (primary N) is 1. The lowest BCUT2D eigenvalue weighted by atomic mass is 10.1. The normalized spacial score (nSPS) is 10.1. The van der Waals surface area contributed by atoms with Gasteiger partial charge >= 0.3 is 5.69 Å². The number of carbonyl (C=O) groups excluding carboxylic acids is 1. The van der Waals surface area contributed by atoms with E-state index < -0.39 is 16.5 Å². The highest BCUT2D eigenvalue weighted by molar-refractivity contribution is 6.07. The van der Waals surface area contributed by atoms with Gasteiger partial charge in [-0.3, -0.25) is 14.9 Å². The average Bonchev–Trinajstić information content (AvgIpc) is 2.40. The molecule has 0 bridgehead atoms. The maximum absolute atomic E-state index is 12.1. The van der Waals surface area contributed by atoms with Crippen molar-refractivity contribution >= 4 is 23.1 Å². The van der Waals surface area contributed by atoms with Gasteiger partial charge in [0.05, 0.1) is 4.92 Å². The second-order valence-electron chi connectivity index (χ2n) is 4.18. The first kappa shape index (κ1) is 13.5. The summed E-state index contributed by atoms with van der Waals surface area (Å²) in [6, 6.07) is 7.60. The molecule has 7 nitrogen and oxygen atoms in total. The zero-order valence-electron chi connectivity index (χ0n) is 10.7. The van der Waals surface area contributed by atoms with Crippen LogP contribution in [0.25, 0.3) is 0 Å². The number of para-hydroxylation sites is 1. The minimum Gasteiger partial charge on any atom is -0.393 e. The van der Waals surface area contributed by atoms with Crippen molar-refractivity contribution in [3.8, 4) is 0 Å². The van der Waals surface area contributed by atoms with E-state index >= 15 is 0 Å². The van der Waals surface area contributed by atoms with Gasteiger partial charge in [-0.15, -0.1) is 0 Å². The minimum absolute atomic E-state index is 0.0560. The van der Waals surface area contributed by atoms with Gasteiger partial charge in [0.1, 0.15) is 17.1 Å². The number of nitrogen functional groups attached to an aromatic ring is 1. The Labute approximate surface area is 114 Å². The molecule has 0 spiro atoms.